The number of ketones is 1. The number of amides is 5. The van der Waals surface area contributed by atoms with E-state index in [4.69, 9.17) is 0 Å². The van der Waals surface area contributed by atoms with Crippen LogP contribution in [0, 0.1) is 5.92 Å². The van der Waals surface area contributed by atoms with Crippen molar-refractivity contribution in [2.75, 3.05) is 5.32 Å². The van der Waals surface area contributed by atoms with Crippen molar-refractivity contribution in [3.8, 4) is 0 Å². The highest BCUT2D eigenvalue weighted by Crippen LogP contribution is 2.36. The van der Waals surface area contributed by atoms with Crippen LogP contribution >= 0.6 is 0 Å². The molecule has 7 rings (SSSR count). The Balaban J connectivity index is 1.36. The van der Waals surface area contributed by atoms with Crippen molar-refractivity contribution >= 4 is 47.0 Å². The molecule has 1 aliphatic carbocycles. The number of Topliss-reactive ketones (excluding diaryl/α,β-unsaturated/α-hetero) is 1. The zero-order valence-corrected chi connectivity index (χ0v) is 34.2. The van der Waals surface area contributed by atoms with E-state index in [1.165, 1.54) is 12.1 Å². The Morgan fingerprint density at radius 2 is 1.21 bits per heavy atom. The molecule has 5 amide bonds. The summed E-state index contributed by atoms with van der Waals surface area (Å²) in [6, 6.07) is 24.3. The highest BCUT2D eigenvalue weighted by molar-refractivity contribution is 5.98. The number of halogens is 3. The molecule has 0 unspecified atom stereocenters. The number of alkyl halides is 3. The van der Waals surface area contributed by atoms with Gasteiger partial charge < -0.3 is 31.7 Å². The number of hydrogen-bond donors (Lipinski definition) is 6. The summed E-state index contributed by atoms with van der Waals surface area (Å²) >= 11 is 0. The lowest BCUT2D eigenvalue weighted by Gasteiger charge is -2.27. The number of carboxylic acid groups (broad SMARTS) is 1. The van der Waals surface area contributed by atoms with Gasteiger partial charge in [-0.05, 0) is 85.0 Å². The smallest absolute Gasteiger partial charge is 0.416 e. The minimum Gasteiger partial charge on any atom is -0.480 e. The first kappa shape index (κ1) is 45.7. The average Bonchev–Trinajstić information content (AvgIpc) is 4.05. The van der Waals surface area contributed by atoms with Gasteiger partial charge >= 0.3 is 12.1 Å². The lowest BCUT2D eigenvalue weighted by molar-refractivity contribution is -0.144. The maximum Gasteiger partial charge on any atom is 0.416 e. The van der Waals surface area contributed by atoms with E-state index in [-0.39, 0.29) is 56.9 Å². The fourth-order valence-corrected chi connectivity index (χ4v) is 7.36. The van der Waals surface area contributed by atoms with E-state index in [1.807, 2.05) is 30.3 Å². The Morgan fingerprint density at radius 1 is 0.651 bits per heavy atom. The summed E-state index contributed by atoms with van der Waals surface area (Å²) in [6.07, 6.45) is -5.23. The molecule has 2 heterocycles. The third kappa shape index (κ3) is 13.1. The topological polar surface area (TPSA) is 200 Å². The number of benzene rings is 4. The maximum absolute atomic E-state index is 14.5. The number of hydrogen-bond acceptors (Lipinski definition) is 7. The second-order valence-electron chi connectivity index (χ2n) is 16.0. The lowest BCUT2D eigenvalue weighted by Crippen LogP contribution is -2.57. The SMILES string of the molecule is O=C1CCC(=O)N[C@H](CCc2ccccc2)C(=O)N[C@@H](Cc2ccc(C(F)(F)F)cc2)C(=O)N[C@H](Cc2ccccc2)C(=O)C[C@@H](C(=O)NC2(C(=O)O)CC2)Cc2ccc(cc2)N1. The second-order valence-corrected chi connectivity index (χ2v) is 16.0. The van der Waals surface area contributed by atoms with Gasteiger partial charge in [0.15, 0.2) is 5.78 Å². The van der Waals surface area contributed by atoms with Gasteiger partial charge in [-0.1, -0.05) is 84.9 Å². The van der Waals surface area contributed by atoms with Crippen LogP contribution in [-0.4, -0.2) is 70.1 Å². The number of carbonyl (C=O) groups is 7. The molecular formula is C47H48F3N5O8. The van der Waals surface area contributed by atoms with Gasteiger partial charge in [-0.15, -0.1) is 0 Å². The molecule has 0 saturated heterocycles. The molecule has 3 aliphatic rings. The zero-order chi connectivity index (χ0) is 45.1. The van der Waals surface area contributed by atoms with Crippen LogP contribution in [-0.2, 0) is 65.4 Å². The standard InChI is InChI=1S/C47H48F3N5O8/c48-47(49,50)34-16-11-32(12-17-34)27-38-44(61)53-37(26-30-9-5-2-6-10-30)39(56)28-33(42(59)55-46(23-24-46)45(62)63)25-31-13-18-35(19-14-31)51-40(57)21-22-41(58)52-36(43(60)54-38)20-15-29-7-3-1-4-8-29/h1-14,16-19,33,36-38H,15,20-28H2,(H,51,57)(H,52,58)(H,53,61)(H,54,60)(H,55,59)(H,62,63)/t33-,36+,37+,38-/m0/s1. The number of rotatable bonds is 10. The van der Waals surface area contributed by atoms with Gasteiger partial charge in [-0.2, -0.15) is 13.2 Å². The van der Waals surface area contributed by atoms with Gasteiger partial charge in [0.05, 0.1) is 11.6 Å². The van der Waals surface area contributed by atoms with E-state index in [0.29, 0.717) is 23.2 Å². The van der Waals surface area contributed by atoms with E-state index >= 15 is 0 Å². The minimum absolute atomic E-state index is 0.0232. The van der Waals surface area contributed by atoms with Gasteiger partial charge in [0.1, 0.15) is 17.6 Å². The first-order valence-corrected chi connectivity index (χ1v) is 20.7. The third-order valence-corrected chi connectivity index (χ3v) is 11.2. The summed E-state index contributed by atoms with van der Waals surface area (Å²) in [5.74, 6) is -6.38. The molecule has 63 heavy (non-hydrogen) atoms. The van der Waals surface area contributed by atoms with Crippen LogP contribution in [0.5, 0.6) is 0 Å². The number of carbonyl (C=O) groups excluding carboxylic acids is 6. The number of nitrogens with one attached hydrogen (secondary N) is 5. The van der Waals surface area contributed by atoms with Crippen LogP contribution in [0.2, 0.25) is 0 Å². The third-order valence-electron chi connectivity index (χ3n) is 11.2. The highest BCUT2D eigenvalue weighted by atomic mass is 19.4. The first-order chi connectivity index (χ1) is 30.1. The van der Waals surface area contributed by atoms with Gasteiger partial charge in [-0.3, -0.25) is 28.8 Å². The van der Waals surface area contributed by atoms with Gasteiger partial charge in [-0.25, -0.2) is 4.79 Å². The van der Waals surface area contributed by atoms with Crippen molar-refractivity contribution in [1.82, 2.24) is 21.3 Å². The van der Waals surface area contributed by atoms with Crippen LogP contribution < -0.4 is 26.6 Å². The molecule has 16 heteroatoms. The second kappa shape index (κ2) is 20.4. The van der Waals surface area contributed by atoms with Crippen molar-refractivity contribution in [1.29, 1.82) is 0 Å². The number of anilines is 1. The molecule has 4 aromatic rings. The molecular weight excluding hydrogens is 820 g/mol. The quantitative estimate of drug-likeness (QED) is 0.121. The molecule has 0 radical (unpaired) electrons. The number of carboxylic acids is 1. The number of aryl methyl sites for hydroxylation is 1. The van der Waals surface area contributed by atoms with Crippen LogP contribution in [0.15, 0.2) is 109 Å². The predicted molar refractivity (Wildman–Crippen MR) is 225 cm³/mol. The molecule has 330 valence electrons. The van der Waals surface area contributed by atoms with Crippen LogP contribution in [0.4, 0.5) is 18.9 Å². The van der Waals surface area contributed by atoms with E-state index in [9.17, 15) is 51.8 Å². The normalized spacial score (nSPS) is 21.2. The van der Waals surface area contributed by atoms with E-state index in [1.54, 1.807) is 54.6 Å². The summed E-state index contributed by atoms with van der Waals surface area (Å²) in [4.78, 5) is 95.3. The zero-order valence-electron chi connectivity index (χ0n) is 34.2. The van der Waals surface area contributed by atoms with E-state index in [0.717, 1.165) is 17.7 Å². The van der Waals surface area contributed by atoms with Crippen LogP contribution in [0.1, 0.15) is 66.3 Å². The molecule has 2 aliphatic heterocycles. The number of aliphatic carboxylic acids is 1. The molecule has 0 aromatic heterocycles. The largest absolute Gasteiger partial charge is 0.480 e. The van der Waals surface area contributed by atoms with Crippen LogP contribution in [0.25, 0.3) is 0 Å². The Hall–Kier alpha value is -6.84. The Labute approximate surface area is 361 Å². The first-order valence-electron chi connectivity index (χ1n) is 20.7. The Kier molecular flexibility index (Phi) is 14.8. The molecule has 4 aromatic carbocycles. The van der Waals surface area contributed by atoms with Crippen molar-refractivity contribution in [2.24, 2.45) is 5.92 Å². The maximum atomic E-state index is 14.5. The molecule has 6 N–H and O–H groups in total. The van der Waals surface area contributed by atoms with E-state index < -0.39 is 89.0 Å². The molecule has 2 bridgehead atoms. The summed E-state index contributed by atoms with van der Waals surface area (Å²) < 4.78 is 40.5. The highest BCUT2D eigenvalue weighted by Gasteiger charge is 2.52. The lowest BCUT2D eigenvalue weighted by atomic mass is 9.89. The fraction of sp³-hybridized carbons (Fsp3) is 0.340. The Bertz CT molecular complexity index is 2290. The van der Waals surface area contributed by atoms with Crippen molar-refractivity contribution in [2.45, 2.75) is 94.0 Å². The minimum atomic E-state index is -4.64. The van der Waals surface area contributed by atoms with E-state index in [2.05, 4.69) is 26.6 Å². The molecule has 4 atom stereocenters. The predicted octanol–water partition coefficient (Wildman–Crippen LogP) is 4.86. The van der Waals surface area contributed by atoms with Crippen molar-refractivity contribution < 1.29 is 51.8 Å². The summed E-state index contributed by atoms with van der Waals surface area (Å²) in [5, 5.41) is 23.3. The summed E-state index contributed by atoms with van der Waals surface area (Å²) in [5.41, 5.74) is 0.294. The molecule has 0 spiro atoms. The molecule has 1 fully saturated rings. The molecule has 1 saturated carbocycles. The fourth-order valence-electron chi connectivity index (χ4n) is 7.36. The van der Waals surface area contributed by atoms with Crippen molar-refractivity contribution in [3.05, 3.63) is 137 Å². The average molecular weight is 868 g/mol. The Morgan fingerprint density at radius 3 is 1.81 bits per heavy atom. The van der Waals surface area contributed by atoms with Crippen molar-refractivity contribution in [3.63, 3.8) is 0 Å². The van der Waals surface area contributed by atoms with Gasteiger partial charge in [0, 0.05) is 37.3 Å². The summed E-state index contributed by atoms with van der Waals surface area (Å²) in [6.45, 7) is 0. The summed E-state index contributed by atoms with van der Waals surface area (Å²) in [7, 11) is 0. The molecule has 13 nitrogen and oxygen atoms in total. The number of fused-ring (bicyclic) bond motifs is 18. The van der Waals surface area contributed by atoms with Crippen LogP contribution in [0.3, 0.4) is 0 Å². The monoisotopic (exact) mass is 867 g/mol. The van der Waals surface area contributed by atoms with Gasteiger partial charge in [0.2, 0.25) is 29.5 Å². The van der Waals surface area contributed by atoms with Gasteiger partial charge in [0.25, 0.3) is 0 Å².